The number of aliphatic hydroxyl groups excluding tert-OH is 1. The largest absolute Gasteiger partial charge is 0.497 e. The van der Waals surface area contributed by atoms with E-state index < -0.39 is 0 Å². The number of benzene rings is 2. The van der Waals surface area contributed by atoms with Gasteiger partial charge in [0.1, 0.15) is 17.1 Å². The van der Waals surface area contributed by atoms with Crippen molar-refractivity contribution in [2.45, 2.75) is 20.5 Å². The molecule has 0 spiro atoms. The van der Waals surface area contributed by atoms with Gasteiger partial charge in [0.25, 0.3) is 5.91 Å². The molecule has 0 aliphatic carbocycles. The lowest BCUT2D eigenvalue weighted by Gasteiger charge is -2.10. The van der Waals surface area contributed by atoms with Crippen LogP contribution in [0.5, 0.6) is 5.75 Å². The zero-order valence-electron chi connectivity index (χ0n) is 13.8. The van der Waals surface area contributed by atoms with Crippen molar-refractivity contribution in [1.82, 2.24) is 0 Å². The molecule has 2 aromatic carbocycles. The molecule has 0 aliphatic heterocycles. The van der Waals surface area contributed by atoms with Crippen LogP contribution in [0.4, 0.5) is 5.69 Å². The zero-order chi connectivity index (χ0) is 17.3. The number of carbonyl (C=O) groups is 1. The van der Waals surface area contributed by atoms with E-state index >= 15 is 0 Å². The third-order valence-corrected chi connectivity index (χ3v) is 4.03. The number of rotatable bonds is 4. The number of nitrogens with one attached hydrogen (secondary N) is 1. The second kappa shape index (κ2) is 6.37. The number of anilines is 1. The maximum absolute atomic E-state index is 12.8. The minimum atomic E-state index is -0.252. The van der Waals surface area contributed by atoms with Gasteiger partial charge in [0, 0.05) is 11.1 Å². The third kappa shape index (κ3) is 2.86. The first-order valence-electron chi connectivity index (χ1n) is 7.62. The van der Waals surface area contributed by atoms with Gasteiger partial charge in [-0.05, 0) is 49.2 Å². The van der Waals surface area contributed by atoms with Crippen molar-refractivity contribution < 1.29 is 19.1 Å². The lowest BCUT2D eigenvalue weighted by Crippen LogP contribution is -2.13. The van der Waals surface area contributed by atoms with Gasteiger partial charge in [-0.15, -0.1) is 0 Å². The van der Waals surface area contributed by atoms with Crippen LogP contribution in [-0.2, 0) is 6.61 Å². The number of aryl methyl sites for hydroxylation is 2. The van der Waals surface area contributed by atoms with Crippen LogP contribution in [0.1, 0.15) is 27.2 Å². The highest BCUT2D eigenvalue weighted by Crippen LogP contribution is 2.30. The Bertz CT molecular complexity index is 911. The number of methoxy groups -OCH3 is 1. The minimum Gasteiger partial charge on any atom is -0.497 e. The number of furan rings is 1. The van der Waals surface area contributed by atoms with Crippen molar-refractivity contribution in [3.05, 3.63) is 58.8 Å². The van der Waals surface area contributed by atoms with Crippen molar-refractivity contribution in [3.8, 4) is 5.75 Å². The van der Waals surface area contributed by atoms with Gasteiger partial charge in [-0.1, -0.05) is 12.1 Å². The monoisotopic (exact) mass is 325 g/mol. The second-order valence-corrected chi connectivity index (χ2v) is 5.66. The number of ether oxygens (including phenoxy) is 1. The fourth-order valence-electron chi connectivity index (χ4n) is 2.70. The Kier molecular flexibility index (Phi) is 4.27. The van der Waals surface area contributed by atoms with E-state index in [1.165, 1.54) is 0 Å². The molecular weight excluding hydrogens is 306 g/mol. The first kappa shape index (κ1) is 16.1. The lowest BCUT2D eigenvalue weighted by molar-refractivity contribution is 0.102. The summed E-state index contributed by atoms with van der Waals surface area (Å²) in [5.74, 6) is 0.959. The molecule has 0 unspecified atom stereocenters. The highest BCUT2D eigenvalue weighted by molar-refractivity contribution is 6.13. The van der Waals surface area contributed by atoms with E-state index in [2.05, 4.69) is 5.32 Å². The van der Waals surface area contributed by atoms with E-state index in [9.17, 15) is 9.90 Å². The van der Waals surface area contributed by atoms with E-state index in [1.54, 1.807) is 38.3 Å². The predicted molar refractivity (Wildman–Crippen MR) is 92.6 cm³/mol. The Morgan fingerprint density at radius 3 is 2.71 bits per heavy atom. The van der Waals surface area contributed by atoms with Crippen LogP contribution in [0.2, 0.25) is 0 Å². The molecule has 0 fully saturated rings. The molecule has 0 radical (unpaired) electrons. The second-order valence-electron chi connectivity index (χ2n) is 5.66. The SMILES string of the molecule is COc1ccc2oc(C)c(C(=O)Nc3cc(CO)ccc3C)c2c1. The molecule has 124 valence electrons. The molecule has 1 amide bonds. The van der Waals surface area contributed by atoms with Crippen LogP contribution in [0.3, 0.4) is 0 Å². The Morgan fingerprint density at radius 2 is 2.00 bits per heavy atom. The molecule has 0 aliphatic rings. The Balaban J connectivity index is 2.01. The van der Waals surface area contributed by atoms with Crippen LogP contribution >= 0.6 is 0 Å². The molecule has 5 heteroatoms. The summed E-state index contributed by atoms with van der Waals surface area (Å²) < 4.78 is 10.9. The number of fused-ring (bicyclic) bond motifs is 1. The average molecular weight is 325 g/mol. The van der Waals surface area contributed by atoms with Gasteiger partial charge in [0.15, 0.2) is 0 Å². The molecule has 0 saturated carbocycles. The summed E-state index contributed by atoms with van der Waals surface area (Å²) in [6.45, 7) is 3.59. The normalized spacial score (nSPS) is 10.8. The van der Waals surface area contributed by atoms with Crippen molar-refractivity contribution in [1.29, 1.82) is 0 Å². The topological polar surface area (TPSA) is 71.7 Å². The van der Waals surface area contributed by atoms with E-state index in [0.717, 1.165) is 11.1 Å². The van der Waals surface area contributed by atoms with Gasteiger partial charge in [-0.25, -0.2) is 0 Å². The number of aliphatic hydroxyl groups is 1. The summed E-state index contributed by atoms with van der Waals surface area (Å²) in [6, 6.07) is 10.8. The van der Waals surface area contributed by atoms with Crippen LogP contribution in [-0.4, -0.2) is 18.1 Å². The molecule has 24 heavy (non-hydrogen) atoms. The lowest BCUT2D eigenvalue weighted by atomic mass is 10.1. The van der Waals surface area contributed by atoms with Gasteiger partial charge in [-0.3, -0.25) is 4.79 Å². The Labute approximate surface area is 139 Å². The van der Waals surface area contributed by atoms with Crippen molar-refractivity contribution in [2.24, 2.45) is 0 Å². The molecule has 0 bridgehead atoms. The summed E-state index contributed by atoms with van der Waals surface area (Å²) in [6.07, 6.45) is 0. The molecular formula is C19H19NO4. The number of hydrogen-bond donors (Lipinski definition) is 2. The van der Waals surface area contributed by atoms with Crippen molar-refractivity contribution in [3.63, 3.8) is 0 Å². The molecule has 5 nitrogen and oxygen atoms in total. The molecule has 1 aromatic heterocycles. The summed E-state index contributed by atoms with van der Waals surface area (Å²) in [4.78, 5) is 12.8. The quantitative estimate of drug-likeness (QED) is 0.765. The molecule has 2 N–H and O–H groups in total. The van der Waals surface area contributed by atoms with Crippen LogP contribution in [0, 0.1) is 13.8 Å². The van der Waals surface area contributed by atoms with E-state index in [0.29, 0.717) is 33.7 Å². The predicted octanol–water partition coefficient (Wildman–Crippen LogP) is 3.80. The van der Waals surface area contributed by atoms with Gasteiger partial charge < -0.3 is 19.6 Å². The number of amides is 1. The van der Waals surface area contributed by atoms with Crippen LogP contribution in [0.15, 0.2) is 40.8 Å². The van der Waals surface area contributed by atoms with Crippen LogP contribution in [0.25, 0.3) is 11.0 Å². The minimum absolute atomic E-state index is 0.0754. The molecule has 3 aromatic rings. The Morgan fingerprint density at radius 1 is 1.21 bits per heavy atom. The fraction of sp³-hybridized carbons (Fsp3) is 0.211. The molecule has 3 rings (SSSR count). The standard InChI is InChI=1S/C19H19NO4/c1-11-4-5-13(10-21)8-16(11)20-19(22)18-12(2)24-17-7-6-14(23-3)9-15(17)18/h4-9,21H,10H2,1-3H3,(H,20,22). The number of carbonyl (C=O) groups excluding carboxylic acids is 1. The number of hydrogen-bond acceptors (Lipinski definition) is 4. The van der Waals surface area contributed by atoms with Gasteiger partial charge >= 0.3 is 0 Å². The molecule has 0 saturated heterocycles. The summed E-state index contributed by atoms with van der Waals surface area (Å²) in [5, 5.41) is 12.9. The molecule has 1 heterocycles. The third-order valence-electron chi connectivity index (χ3n) is 4.03. The highest BCUT2D eigenvalue weighted by atomic mass is 16.5. The first-order chi connectivity index (χ1) is 11.5. The maximum atomic E-state index is 12.8. The van der Waals surface area contributed by atoms with E-state index in [4.69, 9.17) is 9.15 Å². The smallest absolute Gasteiger partial charge is 0.259 e. The van der Waals surface area contributed by atoms with Gasteiger partial charge in [0.2, 0.25) is 0 Å². The zero-order valence-corrected chi connectivity index (χ0v) is 13.8. The van der Waals surface area contributed by atoms with E-state index in [-0.39, 0.29) is 12.5 Å². The molecule has 0 atom stereocenters. The van der Waals surface area contributed by atoms with Gasteiger partial charge in [0.05, 0.1) is 19.3 Å². The first-order valence-corrected chi connectivity index (χ1v) is 7.62. The summed E-state index contributed by atoms with van der Waals surface area (Å²) in [7, 11) is 1.58. The fourth-order valence-corrected chi connectivity index (χ4v) is 2.70. The summed E-state index contributed by atoms with van der Waals surface area (Å²) >= 11 is 0. The van der Waals surface area contributed by atoms with Gasteiger partial charge in [-0.2, -0.15) is 0 Å². The summed E-state index contributed by atoms with van der Waals surface area (Å²) in [5.41, 5.74) is 3.45. The highest BCUT2D eigenvalue weighted by Gasteiger charge is 2.19. The van der Waals surface area contributed by atoms with Crippen LogP contribution < -0.4 is 10.1 Å². The average Bonchev–Trinajstić information content (AvgIpc) is 2.91. The van der Waals surface area contributed by atoms with E-state index in [1.807, 2.05) is 19.1 Å². The Hall–Kier alpha value is -2.79. The maximum Gasteiger partial charge on any atom is 0.259 e. The van der Waals surface area contributed by atoms with Crippen molar-refractivity contribution >= 4 is 22.6 Å². The van der Waals surface area contributed by atoms with Crippen molar-refractivity contribution in [2.75, 3.05) is 12.4 Å².